The number of aliphatic hydroxyl groups excluding tert-OH is 1. The minimum Gasteiger partial charge on any atom is -0.506 e. The molecule has 0 radical (unpaired) electrons. The van der Waals surface area contributed by atoms with E-state index in [4.69, 9.17) is 18.9 Å². The third-order valence-corrected chi connectivity index (χ3v) is 6.75. The molecule has 3 aromatic carbocycles. The van der Waals surface area contributed by atoms with E-state index in [0.717, 1.165) is 11.1 Å². The number of Topliss-reactive ketones (excluding diaryl/α,β-unsaturated/α-hetero) is 1. The molecule has 1 fully saturated rings. The van der Waals surface area contributed by atoms with Crippen LogP contribution in [-0.4, -0.2) is 44.7 Å². The van der Waals surface area contributed by atoms with Crippen LogP contribution < -0.4 is 23.8 Å². The van der Waals surface area contributed by atoms with Crippen LogP contribution in [-0.2, 0) is 9.59 Å². The van der Waals surface area contributed by atoms with Crippen molar-refractivity contribution in [2.24, 2.45) is 0 Å². The van der Waals surface area contributed by atoms with E-state index in [9.17, 15) is 14.7 Å². The van der Waals surface area contributed by atoms with Crippen molar-refractivity contribution in [1.82, 2.24) is 0 Å². The van der Waals surface area contributed by atoms with Gasteiger partial charge in [-0.1, -0.05) is 24.3 Å². The van der Waals surface area contributed by atoms with Crippen molar-refractivity contribution in [3.8, 4) is 23.0 Å². The third kappa shape index (κ3) is 4.42. The average molecular weight is 518 g/mol. The largest absolute Gasteiger partial charge is 0.506 e. The lowest BCUT2D eigenvalue weighted by Crippen LogP contribution is -2.30. The minimum atomic E-state index is -0.963. The summed E-state index contributed by atoms with van der Waals surface area (Å²) >= 11 is 0. The number of carbonyl (C=O) groups excluding carboxylic acids is 2. The Morgan fingerprint density at radius 1 is 0.868 bits per heavy atom. The Bertz CT molecular complexity index is 1400. The first-order valence-electron chi connectivity index (χ1n) is 12.2. The molecule has 1 unspecified atom stereocenters. The predicted molar refractivity (Wildman–Crippen MR) is 144 cm³/mol. The predicted octanol–water partition coefficient (Wildman–Crippen LogP) is 5.35. The molecule has 4 rings (SSSR count). The van der Waals surface area contributed by atoms with E-state index >= 15 is 0 Å². The Hall–Kier alpha value is -4.46. The van der Waals surface area contributed by atoms with E-state index in [0.29, 0.717) is 40.9 Å². The number of nitrogens with zero attached hydrogens (tertiary/aromatic N) is 1. The Balaban J connectivity index is 2.06. The summed E-state index contributed by atoms with van der Waals surface area (Å²) in [5.74, 6) is -0.432. The first kappa shape index (κ1) is 26.6. The molecule has 0 aromatic heterocycles. The molecule has 3 aromatic rings. The molecule has 8 heteroatoms. The number of amides is 1. The maximum absolute atomic E-state index is 13.7. The molecule has 0 aliphatic carbocycles. The highest BCUT2D eigenvalue weighted by atomic mass is 16.5. The average Bonchev–Trinajstić information content (AvgIpc) is 3.19. The highest BCUT2D eigenvalue weighted by Gasteiger charge is 2.48. The van der Waals surface area contributed by atoms with Crippen LogP contribution in [0, 0.1) is 13.8 Å². The highest BCUT2D eigenvalue weighted by molar-refractivity contribution is 6.52. The molecule has 0 saturated carbocycles. The molecule has 1 aliphatic heterocycles. The first-order valence-corrected chi connectivity index (χ1v) is 12.2. The molecule has 1 heterocycles. The van der Waals surface area contributed by atoms with Crippen molar-refractivity contribution in [3.63, 3.8) is 0 Å². The zero-order valence-corrected chi connectivity index (χ0v) is 22.3. The van der Waals surface area contributed by atoms with Gasteiger partial charge in [0, 0.05) is 5.69 Å². The molecule has 0 bridgehead atoms. The van der Waals surface area contributed by atoms with Crippen molar-refractivity contribution in [2.45, 2.75) is 26.8 Å². The van der Waals surface area contributed by atoms with E-state index in [1.807, 2.05) is 32.9 Å². The smallest absolute Gasteiger partial charge is 0.300 e. The number of rotatable bonds is 8. The second kappa shape index (κ2) is 10.9. The molecule has 1 atom stereocenters. The number of aliphatic hydroxyl groups is 1. The van der Waals surface area contributed by atoms with Gasteiger partial charge in [-0.2, -0.15) is 0 Å². The van der Waals surface area contributed by atoms with Crippen molar-refractivity contribution in [1.29, 1.82) is 0 Å². The molecule has 198 valence electrons. The van der Waals surface area contributed by atoms with Gasteiger partial charge < -0.3 is 24.1 Å². The van der Waals surface area contributed by atoms with E-state index in [2.05, 4.69) is 0 Å². The summed E-state index contributed by atoms with van der Waals surface area (Å²) in [4.78, 5) is 28.8. The number of hydrogen-bond donors (Lipinski definition) is 1. The van der Waals surface area contributed by atoms with Crippen molar-refractivity contribution in [2.75, 3.05) is 32.8 Å². The first-order chi connectivity index (χ1) is 18.3. The summed E-state index contributed by atoms with van der Waals surface area (Å²) in [6.45, 7) is 6.06. The lowest BCUT2D eigenvalue weighted by atomic mass is 9.93. The van der Waals surface area contributed by atoms with Gasteiger partial charge in [-0.15, -0.1) is 0 Å². The van der Waals surface area contributed by atoms with E-state index in [1.165, 1.54) is 26.2 Å². The van der Waals surface area contributed by atoms with Crippen LogP contribution >= 0.6 is 0 Å². The van der Waals surface area contributed by atoms with Crippen LogP contribution in [0.1, 0.15) is 35.2 Å². The van der Waals surface area contributed by atoms with Crippen LogP contribution in [0.25, 0.3) is 5.76 Å². The summed E-state index contributed by atoms with van der Waals surface area (Å²) in [5, 5.41) is 11.7. The van der Waals surface area contributed by atoms with Gasteiger partial charge in [0.05, 0.1) is 39.6 Å². The fourth-order valence-corrected chi connectivity index (χ4v) is 4.74. The summed E-state index contributed by atoms with van der Waals surface area (Å²) in [6.07, 6.45) is 0. The summed E-state index contributed by atoms with van der Waals surface area (Å²) in [6, 6.07) is 14.8. The highest BCUT2D eigenvalue weighted by Crippen LogP contribution is 2.47. The molecule has 0 spiro atoms. The van der Waals surface area contributed by atoms with Crippen LogP contribution in [0.3, 0.4) is 0 Å². The summed E-state index contributed by atoms with van der Waals surface area (Å²) < 4.78 is 22.2. The number of anilines is 1. The lowest BCUT2D eigenvalue weighted by Gasteiger charge is -2.28. The Labute approximate surface area is 222 Å². The molecular weight excluding hydrogens is 486 g/mol. The number of carbonyl (C=O) groups is 2. The van der Waals surface area contributed by atoms with Crippen molar-refractivity contribution < 1.29 is 33.6 Å². The molecule has 8 nitrogen and oxygen atoms in total. The van der Waals surface area contributed by atoms with Gasteiger partial charge in [0.25, 0.3) is 11.7 Å². The Morgan fingerprint density at radius 2 is 1.50 bits per heavy atom. The van der Waals surface area contributed by atoms with Crippen LogP contribution in [0.15, 0.2) is 60.2 Å². The van der Waals surface area contributed by atoms with E-state index in [1.54, 1.807) is 42.5 Å². The van der Waals surface area contributed by atoms with Crippen LogP contribution in [0.5, 0.6) is 23.0 Å². The monoisotopic (exact) mass is 517 g/mol. The van der Waals surface area contributed by atoms with Crippen LogP contribution in [0.4, 0.5) is 5.69 Å². The fraction of sp³-hybridized carbons (Fsp3) is 0.267. The Morgan fingerprint density at radius 3 is 2.11 bits per heavy atom. The Kier molecular flexibility index (Phi) is 7.62. The quantitative estimate of drug-likeness (QED) is 0.244. The van der Waals surface area contributed by atoms with Gasteiger partial charge in [-0.25, -0.2) is 0 Å². The second-order valence-corrected chi connectivity index (χ2v) is 8.77. The molecular formula is C30H31NO7. The third-order valence-electron chi connectivity index (χ3n) is 6.75. The van der Waals surface area contributed by atoms with Gasteiger partial charge in [-0.05, 0) is 67.8 Å². The van der Waals surface area contributed by atoms with Crippen LogP contribution in [0.2, 0.25) is 0 Å². The van der Waals surface area contributed by atoms with Gasteiger partial charge >= 0.3 is 0 Å². The number of benzene rings is 3. The molecule has 38 heavy (non-hydrogen) atoms. The number of ether oxygens (including phenoxy) is 4. The number of methoxy groups -OCH3 is 3. The van der Waals surface area contributed by atoms with Crippen molar-refractivity contribution >= 4 is 23.1 Å². The van der Waals surface area contributed by atoms with Gasteiger partial charge in [-0.3, -0.25) is 14.5 Å². The van der Waals surface area contributed by atoms with Crippen molar-refractivity contribution in [3.05, 3.63) is 82.4 Å². The lowest BCUT2D eigenvalue weighted by molar-refractivity contribution is -0.132. The van der Waals surface area contributed by atoms with Gasteiger partial charge in [0.1, 0.15) is 22.8 Å². The summed E-state index contributed by atoms with van der Waals surface area (Å²) in [5.41, 5.74) is 3.01. The zero-order valence-electron chi connectivity index (χ0n) is 22.3. The fourth-order valence-electron chi connectivity index (χ4n) is 4.74. The topological polar surface area (TPSA) is 94.5 Å². The standard InChI is InChI=1S/C30H31NO7/c1-7-38-24-16-19(14-15-21(24)35-4)27-26(28(32)25-22(36-5)12-9-13-23(25)37-6)29(33)30(34)31(27)20-11-8-10-17(2)18(20)3/h8-16,27,32H,7H2,1-6H3/b28-26+. The van der Waals surface area contributed by atoms with Gasteiger partial charge in [0.15, 0.2) is 11.5 Å². The zero-order chi connectivity index (χ0) is 27.6. The second-order valence-electron chi connectivity index (χ2n) is 8.77. The molecule has 1 N–H and O–H groups in total. The number of ketones is 1. The molecule has 1 aliphatic rings. The normalized spacial score (nSPS) is 16.5. The maximum atomic E-state index is 13.7. The molecule has 1 amide bonds. The maximum Gasteiger partial charge on any atom is 0.300 e. The van der Waals surface area contributed by atoms with Gasteiger partial charge in [0.2, 0.25) is 0 Å². The van der Waals surface area contributed by atoms with E-state index < -0.39 is 23.5 Å². The summed E-state index contributed by atoms with van der Waals surface area (Å²) in [7, 11) is 4.44. The SMILES string of the molecule is CCOc1cc(C2/C(=C(\O)c3c(OC)cccc3OC)C(=O)C(=O)N2c2cccc(C)c2C)ccc1OC. The molecule has 1 saturated heterocycles. The van der Waals surface area contributed by atoms with E-state index in [-0.39, 0.29) is 11.1 Å². The minimum absolute atomic E-state index is 0.0914. The number of aryl methyl sites for hydroxylation is 1. The number of hydrogen-bond acceptors (Lipinski definition) is 7.